The third kappa shape index (κ3) is 4.67. The van der Waals surface area contributed by atoms with Crippen molar-refractivity contribution in [1.82, 2.24) is 0 Å². The van der Waals surface area contributed by atoms with Gasteiger partial charge in [0.05, 0.1) is 38.3 Å². The number of benzene rings is 2. The van der Waals surface area contributed by atoms with Crippen molar-refractivity contribution >= 4 is 21.6 Å². The van der Waals surface area contributed by atoms with Crippen molar-refractivity contribution in [1.29, 1.82) is 0 Å². The third-order valence-corrected chi connectivity index (χ3v) is 4.86. The third-order valence-electron chi connectivity index (χ3n) is 3.57. The van der Waals surface area contributed by atoms with E-state index in [1.54, 1.807) is 36.4 Å². The summed E-state index contributed by atoms with van der Waals surface area (Å²) in [6.07, 6.45) is 1.47. The molecule has 7 heteroatoms. The van der Waals surface area contributed by atoms with Gasteiger partial charge in [-0.15, -0.1) is 0 Å². The van der Waals surface area contributed by atoms with Gasteiger partial charge in [0.1, 0.15) is 17.2 Å². The van der Waals surface area contributed by atoms with Gasteiger partial charge in [-0.05, 0) is 35.9 Å². The average molecular weight is 363 g/mol. The molecule has 0 heterocycles. The van der Waals surface area contributed by atoms with Gasteiger partial charge in [-0.1, -0.05) is 12.1 Å². The first-order valence-electron chi connectivity index (χ1n) is 7.44. The maximum Gasteiger partial charge on any atom is 0.175 e. The molecule has 0 aliphatic carbocycles. The average Bonchev–Trinajstić information content (AvgIpc) is 2.59. The Bertz CT molecular complexity index is 853. The summed E-state index contributed by atoms with van der Waals surface area (Å²) in [7, 11) is 1.03. The van der Waals surface area contributed by atoms with Gasteiger partial charge in [-0.2, -0.15) is 0 Å². The first-order chi connectivity index (χ1) is 11.9. The molecule has 2 aromatic rings. The fourth-order valence-electron chi connectivity index (χ4n) is 2.37. The van der Waals surface area contributed by atoms with Gasteiger partial charge in [0.15, 0.2) is 9.84 Å². The van der Waals surface area contributed by atoms with Gasteiger partial charge >= 0.3 is 0 Å². The van der Waals surface area contributed by atoms with Crippen molar-refractivity contribution in [2.75, 3.05) is 27.1 Å². The molecule has 0 aliphatic heterocycles. The highest BCUT2D eigenvalue weighted by Gasteiger charge is 2.12. The second-order valence-electron chi connectivity index (χ2n) is 5.26. The van der Waals surface area contributed by atoms with E-state index >= 15 is 0 Å². The van der Waals surface area contributed by atoms with E-state index in [1.165, 1.54) is 27.4 Å². The molecule has 0 bridgehead atoms. The number of anilines is 1. The second kappa shape index (κ2) is 7.94. The molecular weight excluding hydrogens is 342 g/mol. The Morgan fingerprint density at radius 2 is 1.56 bits per heavy atom. The van der Waals surface area contributed by atoms with Crippen LogP contribution in [0.15, 0.2) is 41.8 Å². The normalized spacial score (nSPS) is 11.5. The Kier molecular flexibility index (Phi) is 5.93. The predicted molar refractivity (Wildman–Crippen MR) is 98.6 cm³/mol. The van der Waals surface area contributed by atoms with Crippen LogP contribution in [-0.4, -0.2) is 29.7 Å². The SMILES string of the molecule is COc1ccc(CS(=O)(=O)/C=C/c2c(OC)cccc2OC)cc1N. The lowest BCUT2D eigenvalue weighted by molar-refractivity contribution is 0.392. The van der Waals surface area contributed by atoms with E-state index < -0.39 is 9.84 Å². The van der Waals surface area contributed by atoms with E-state index in [2.05, 4.69) is 0 Å². The summed E-state index contributed by atoms with van der Waals surface area (Å²) in [5.41, 5.74) is 7.35. The molecular formula is C18H21NO5S. The number of methoxy groups -OCH3 is 3. The highest BCUT2D eigenvalue weighted by atomic mass is 32.2. The molecule has 2 aromatic carbocycles. The smallest absolute Gasteiger partial charge is 0.175 e. The number of hydrogen-bond donors (Lipinski definition) is 1. The van der Waals surface area contributed by atoms with Crippen LogP contribution in [0.3, 0.4) is 0 Å². The molecule has 0 amide bonds. The fraction of sp³-hybridized carbons (Fsp3) is 0.222. The lowest BCUT2D eigenvalue weighted by Gasteiger charge is -2.10. The molecule has 0 aromatic heterocycles. The van der Waals surface area contributed by atoms with Crippen LogP contribution in [0.4, 0.5) is 5.69 Å². The van der Waals surface area contributed by atoms with Crippen LogP contribution in [0, 0.1) is 0 Å². The van der Waals surface area contributed by atoms with Gasteiger partial charge in [-0.3, -0.25) is 0 Å². The molecule has 2 N–H and O–H groups in total. The molecule has 0 fully saturated rings. The summed E-state index contributed by atoms with van der Waals surface area (Å²) in [6, 6.07) is 10.1. The van der Waals surface area contributed by atoms with Crippen LogP contribution in [0.5, 0.6) is 17.2 Å². The zero-order chi connectivity index (χ0) is 18.4. The maximum absolute atomic E-state index is 12.4. The zero-order valence-electron chi connectivity index (χ0n) is 14.4. The largest absolute Gasteiger partial charge is 0.496 e. The van der Waals surface area contributed by atoms with Gasteiger partial charge in [0.25, 0.3) is 0 Å². The Hall–Kier alpha value is -2.67. The topological polar surface area (TPSA) is 87.9 Å². The fourth-order valence-corrected chi connectivity index (χ4v) is 3.45. The molecule has 0 aliphatic rings. The summed E-state index contributed by atoms with van der Waals surface area (Å²) in [4.78, 5) is 0. The van der Waals surface area contributed by atoms with Gasteiger partial charge in [-0.25, -0.2) is 8.42 Å². The van der Waals surface area contributed by atoms with Crippen LogP contribution in [0.25, 0.3) is 6.08 Å². The van der Waals surface area contributed by atoms with Crippen LogP contribution >= 0.6 is 0 Å². The minimum absolute atomic E-state index is 0.171. The lowest BCUT2D eigenvalue weighted by atomic mass is 10.2. The van der Waals surface area contributed by atoms with Crippen LogP contribution in [-0.2, 0) is 15.6 Å². The van der Waals surface area contributed by atoms with Crippen molar-refractivity contribution in [3.63, 3.8) is 0 Å². The number of rotatable bonds is 7. The molecule has 6 nitrogen and oxygen atoms in total. The summed E-state index contributed by atoms with van der Waals surface area (Å²) in [5.74, 6) is 1.39. The molecule has 25 heavy (non-hydrogen) atoms. The first-order valence-corrected chi connectivity index (χ1v) is 9.16. The number of ether oxygens (including phenoxy) is 3. The quantitative estimate of drug-likeness (QED) is 0.761. The van der Waals surface area contributed by atoms with E-state index in [9.17, 15) is 8.42 Å². The minimum Gasteiger partial charge on any atom is -0.496 e. The van der Waals surface area contributed by atoms with E-state index in [4.69, 9.17) is 19.9 Å². The van der Waals surface area contributed by atoms with Crippen molar-refractivity contribution in [2.24, 2.45) is 0 Å². The van der Waals surface area contributed by atoms with E-state index in [-0.39, 0.29) is 5.75 Å². The molecule has 0 saturated heterocycles. The van der Waals surface area contributed by atoms with Gasteiger partial charge in [0.2, 0.25) is 0 Å². The number of nitrogens with two attached hydrogens (primary N) is 1. The zero-order valence-corrected chi connectivity index (χ0v) is 15.2. The van der Waals surface area contributed by atoms with Gasteiger partial charge in [0, 0.05) is 5.41 Å². The van der Waals surface area contributed by atoms with E-state index in [0.717, 1.165) is 5.41 Å². The number of sulfone groups is 1. The Morgan fingerprint density at radius 3 is 2.08 bits per heavy atom. The highest BCUT2D eigenvalue weighted by Crippen LogP contribution is 2.30. The standard InChI is InChI=1S/C18H21NO5S/c1-22-16-5-4-6-17(23-2)14(16)9-10-25(20,21)12-13-7-8-18(24-3)15(19)11-13/h4-11H,12,19H2,1-3H3/b10-9+. The Morgan fingerprint density at radius 1 is 0.960 bits per heavy atom. The highest BCUT2D eigenvalue weighted by molar-refractivity contribution is 7.93. The van der Waals surface area contributed by atoms with Crippen LogP contribution in [0.2, 0.25) is 0 Å². The molecule has 0 radical (unpaired) electrons. The van der Waals surface area contributed by atoms with Crippen LogP contribution in [0.1, 0.15) is 11.1 Å². The monoisotopic (exact) mass is 363 g/mol. The molecule has 0 unspecified atom stereocenters. The van der Waals surface area contributed by atoms with Crippen molar-refractivity contribution in [3.8, 4) is 17.2 Å². The van der Waals surface area contributed by atoms with Crippen molar-refractivity contribution in [3.05, 3.63) is 52.9 Å². The number of nitrogen functional groups attached to an aromatic ring is 1. The summed E-state index contributed by atoms with van der Waals surface area (Å²) in [5, 5.41) is 1.15. The van der Waals surface area contributed by atoms with E-state index in [0.29, 0.717) is 34.1 Å². The van der Waals surface area contributed by atoms with Crippen molar-refractivity contribution < 1.29 is 22.6 Å². The maximum atomic E-state index is 12.4. The molecule has 0 spiro atoms. The summed E-state index contributed by atoms with van der Waals surface area (Å²) >= 11 is 0. The molecule has 0 atom stereocenters. The molecule has 134 valence electrons. The first kappa shape index (κ1) is 18.7. The number of hydrogen-bond acceptors (Lipinski definition) is 6. The lowest BCUT2D eigenvalue weighted by Crippen LogP contribution is -2.02. The Balaban J connectivity index is 2.27. The summed E-state index contributed by atoms with van der Waals surface area (Å²) < 4.78 is 40.4. The van der Waals surface area contributed by atoms with Crippen LogP contribution < -0.4 is 19.9 Å². The molecule has 0 saturated carbocycles. The molecule has 2 rings (SSSR count). The predicted octanol–water partition coefficient (Wildman–Crippen LogP) is 2.88. The van der Waals surface area contributed by atoms with Crippen molar-refractivity contribution in [2.45, 2.75) is 5.75 Å². The second-order valence-corrected chi connectivity index (χ2v) is 7.15. The Labute approximate surface area is 147 Å². The minimum atomic E-state index is -3.51. The van der Waals surface area contributed by atoms with Gasteiger partial charge < -0.3 is 19.9 Å². The summed E-state index contributed by atoms with van der Waals surface area (Å²) in [6.45, 7) is 0. The van der Waals surface area contributed by atoms with E-state index in [1.807, 2.05) is 0 Å².